The molecule has 1 fully saturated rings. The fourth-order valence-corrected chi connectivity index (χ4v) is 2.75. The highest BCUT2D eigenvalue weighted by atomic mass is 16.3. The van der Waals surface area contributed by atoms with Crippen LogP contribution in [0.2, 0.25) is 0 Å². The molecule has 2 nitrogen and oxygen atoms in total. The highest BCUT2D eigenvalue weighted by Crippen LogP contribution is 2.44. The average Bonchev–Trinajstić information content (AvgIpc) is 2.18. The summed E-state index contributed by atoms with van der Waals surface area (Å²) in [5, 5.41) is 18.3. The molecule has 2 bridgehead atoms. The van der Waals surface area contributed by atoms with Gasteiger partial charge in [-0.25, -0.2) is 0 Å². The molecule has 0 aromatic rings. The van der Waals surface area contributed by atoms with Gasteiger partial charge < -0.3 is 10.2 Å². The summed E-state index contributed by atoms with van der Waals surface area (Å²) in [5.41, 5.74) is 0. The third-order valence-corrected chi connectivity index (χ3v) is 3.51. The van der Waals surface area contributed by atoms with E-state index in [0.717, 1.165) is 0 Å². The van der Waals surface area contributed by atoms with Gasteiger partial charge in [0.25, 0.3) is 0 Å². The topological polar surface area (TPSA) is 40.5 Å². The van der Waals surface area contributed by atoms with Gasteiger partial charge in [0, 0.05) is 13.2 Å². The molecule has 0 aliphatic heterocycles. The lowest BCUT2D eigenvalue weighted by molar-refractivity contribution is 0.0266. The molecule has 2 N–H and O–H groups in total. The van der Waals surface area contributed by atoms with Gasteiger partial charge in [0.2, 0.25) is 0 Å². The molecule has 4 atom stereocenters. The zero-order chi connectivity index (χ0) is 8.55. The van der Waals surface area contributed by atoms with Crippen LogP contribution in [0.15, 0.2) is 12.2 Å². The summed E-state index contributed by atoms with van der Waals surface area (Å²) >= 11 is 0. The van der Waals surface area contributed by atoms with Crippen molar-refractivity contribution in [3.8, 4) is 0 Å². The Balaban J connectivity index is 2.18. The lowest BCUT2D eigenvalue weighted by Gasteiger charge is -2.43. The van der Waals surface area contributed by atoms with Crippen LogP contribution in [-0.4, -0.2) is 23.4 Å². The Hall–Kier alpha value is -0.340. The number of rotatable bonds is 2. The standard InChI is InChI=1S/C10H16O2/c11-5-9-7-1-2-8(4-3-7)10(9)6-12/h1-2,7-12H,3-6H2/t7?,8?,9-,10-/m1/s1. The monoisotopic (exact) mass is 168 g/mol. The van der Waals surface area contributed by atoms with E-state index in [1.165, 1.54) is 12.8 Å². The van der Waals surface area contributed by atoms with Crippen LogP contribution in [0.5, 0.6) is 0 Å². The van der Waals surface area contributed by atoms with Crippen LogP contribution in [0.25, 0.3) is 0 Å². The minimum Gasteiger partial charge on any atom is -0.396 e. The lowest BCUT2D eigenvalue weighted by Crippen LogP contribution is -2.40. The molecule has 0 spiro atoms. The predicted molar refractivity (Wildman–Crippen MR) is 46.5 cm³/mol. The van der Waals surface area contributed by atoms with Crippen molar-refractivity contribution >= 4 is 0 Å². The molecule has 0 amide bonds. The van der Waals surface area contributed by atoms with Crippen LogP contribution in [0.1, 0.15) is 12.8 Å². The fraction of sp³-hybridized carbons (Fsp3) is 0.800. The first kappa shape index (κ1) is 8.27. The molecule has 3 aliphatic rings. The molecule has 68 valence electrons. The van der Waals surface area contributed by atoms with E-state index in [2.05, 4.69) is 12.2 Å². The summed E-state index contributed by atoms with van der Waals surface area (Å²) in [6.45, 7) is 0.466. The van der Waals surface area contributed by atoms with Crippen molar-refractivity contribution in [2.75, 3.05) is 13.2 Å². The molecule has 12 heavy (non-hydrogen) atoms. The van der Waals surface area contributed by atoms with Gasteiger partial charge in [-0.15, -0.1) is 0 Å². The zero-order valence-corrected chi connectivity index (χ0v) is 7.19. The highest BCUT2D eigenvalue weighted by Gasteiger charge is 2.39. The Morgan fingerprint density at radius 3 is 1.58 bits per heavy atom. The first-order chi connectivity index (χ1) is 5.86. The molecule has 0 aromatic heterocycles. The van der Waals surface area contributed by atoms with Crippen molar-refractivity contribution in [2.24, 2.45) is 23.7 Å². The van der Waals surface area contributed by atoms with Crippen LogP contribution in [0.4, 0.5) is 0 Å². The first-order valence-electron chi connectivity index (χ1n) is 4.77. The van der Waals surface area contributed by atoms with Crippen LogP contribution in [0.3, 0.4) is 0 Å². The van der Waals surface area contributed by atoms with E-state index >= 15 is 0 Å². The summed E-state index contributed by atoms with van der Waals surface area (Å²) in [6.07, 6.45) is 6.84. The number of hydrogen-bond donors (Lipinski definition) is 2. The highest BCUT2D eigenvalue weighted by molar-refractivity contribution is 5.09. The first-order valence-corrected chi connectivity index (χ1v) is 4.77. The van der Waals surface area contributed by atoms with Gasteiger partial charge in [-0.1, -0.05) is 12.2 Å². The molecule has 3 rings (SSSR count). The Morgan fingerprint density at radius 2 is 1.33 bits per heavy atom. The van der Waals surface area contributed by atoms with Crippen molar-refractivity contribution < 1.29 is 10.2 Å². The quantitative estimate of drug-likeness (QED) is 0.599. The summed E-state index contributed by atoms with van der Waals surface area (Å²) in [6, 6.07) is 0. The van der Waals surface area contributed by atoms with E-state index in [1.54, 1.807) is 0 Å². The van der Waals surface area contributed by atoms with Crippen LogP contribution < -0.4 is 0 Å². The number of aliphatic hydroxyl groups excluding tert-OH is 2. The number of allylic oxidation sites excluding steroid dienone is 2. The van der Waals surface area contributed by atoms with Gasteiger partial charge in [-0.2, -0.15) is 0 Å². The molecular weight excluding hydrogens is 152 g/mol. The molecule has 2 unspecified atom stereocenters. The third-order valence-electron chi connectivity index (χ3n) is 3.51. The van der Waals surface area contributed by atoms with E-state index in [0.29, 0.717) is 23.7 Å². The van der Waals surface area contributed by atoms with Gasteiger partial charge in [0.1, 0.15) is 0 Å². The SMILES string of the molecule is OC[C@@H]1C2C=CC(CC2)[C@H]1CO. The number of fused-ring (bicyclic) bond motifs is 2. The Morgan fingerprint density at radius 1 is 0.917 bits per heavy atom. The predicted octanol–water partition coefficient (Wildman–Crippen LogP) is 0.799. The third kappa shape index (κ3) is 1.10. The average molecular weight is 168 g/mol. The van der Waals surface area contributed by atoms with Crippen LogP contribution >= 0.6 is 0 Å². The second-order valence-corrected chi connectivity index (χ2v) is 3.98. The van der Waals surface area contributed by atoms with Gasteiger partial charge in [-0.3, -0.25) is 0 Å². The Bertz CT molecular complexity index is 168. The molecule has 3 aliphatic carbocycles. The van der Waals surface area contributed by atoms with Gasteiger partial charge in [0.05, 0.1) is 0 Å². The lowest BCUT2D eigenvalue weighted by atomic mass is 9.63. The summed E-state index contributed by atoms with van der Waals surface area (Å²) in [4.78, 5) is 0. The molecule has 1 saturated carbocycles. The number of hydrogen-bond acceptors (Lipinski definition) is 2. The zero-order valence-electron chi connectivity index (χ0n) is 7.19. The van der Waals surface area contributed by atoms with E-state index in [-0.39, 0.29) is 13.2 Å². The van der Waals surface area contributed by atoms with Crippen molar-refractivity contribution in [1.29, 1.82) is 0 Å². The van der Waals surface area contributed by atoms with E-state index in [1.807, 2.05) is 0 Å². The van der Waals surface area contributed by atoms with Gasteiger partial charge >= 0.3 is 0 Å². The van der Waals surface area contributed by atoms with Crippen LogP contribution in [0, 0.1) is 23.7 Å². The smallest absolute Gasteiger partial charge is 0.0468 e. The molecule has 0 radical (unpaired) electrons. The molecule has 0 heterocycles. The molecule has 0 aromatic carbocycles. The maximum Gasteiger partial charge on any atom is 0.0468 e. The van der Waals surface area contributed by atoms with Gasteiger partial charge in [-0.05, 0) is 36.5 Å². The van der Waals surface area contributed by atoms with E-state index < -0.39 is 0 Å². The molecule has 0 saturated heterocycles. The summed E-state index contributed by atoms with van der Waals surface area (Å²) in [7, 11) is 0. The van der Waals surface area contributed by atoms with Gasteiger partial charge in [0.15, 0.2) is 0 Å². The molecular formula is C10H16O2. The van der Waals surface area contributed by atoms with E-state index in [4.69, 9.17) is 10.2 Å². The van der Waals surface area contributed by atoms with Crippen molar-refractivity contribution in [3.05, 3.63) is 12.2 Å². The summed E-state index contributed by atoms with van der Waals surface area (Å²) < 4.78 is 0. The second-order valence-electron chi connectivity index (χ2n) is 3.98. The maximum atomic E-state index is 9.17. The Kier molecular flexibility index (Phi) is 2.20. The maximum absolute atomic E-state index is 9.17. The summed E-state index contributed by atoms with van der Waals surface area (Å²) in [5.74, 6) is 1.69. The molecule has 2 heteroatoms. The van der Waals surface area contributed by atoms with Crippen LogP contribution in [-0.2, 0) is 0 Å². The van der Waals surface area contributed by atoms with E-state index in [9.17, 15) is 0 Å². The van der Waals surface area contributed by atoms with Crippen molar-refractivity contribution in [3.63, 3.8) is 0 Å². The normalized spacial score (nSPS) is 45.2. The van der Waals surface area contributed by atoms with Crippen molar-refractivity contribution in [2.45, 2.75) is 12.8 Å². The Labute approximate surface area is 72.9 Å². The van der Waals surface area contributed by atoms with Crippen molar-refractivity contribution in [1.82, 2.24) is 0 Å². The second kappa shape index (κ2) is 3.19. The largest absolute Gasteiger partial charge is 0.396 e. The number of aliphatic hydroxyl groups is 2. The minimum absolute atomic E-state index is 0.233. The fourth-order valence-electron chi connectivity index (χ4n) is 2.75. The minimum atomic E-state index is 0.233.